The van der Waals surface area contributed by atoms with E-state index in [-0.39, 0.29) is 5.69 Å². The minimum Gasteiger partial charge on any atom is -0.452 e. The van der Waals surface area contributed by atoms with Crippen LogP contribution in [-0.2, 0) is 14.3 Å². The number of esters is 1. The number of ether oxygens (including phenoxy) is 1. The number of rotatable bonds is 7. The highest BCUT2D eigenvalue weighted by Crippen LogP contribution is 2.21. The first-order valence-corrected chi connectivity index (χ1v) is 9.15. The number of nitro groups is 1. The first-order chi connectivity index (χ1) is 12.9. The van der Waals surface area contributed by atoms with Crippen molar-refractivity contribution in [2.24, 2.45) is 0 Å². The molecule has 0 heterocycles. The summed E-state index contributed by atoms with van der Waals surface area (Å²) in [6.07, 6.45) is 4.83. The van der Waals surface area contributed by atoms with Crippen molar-refractivity contribution in [2.75, 3.05) is 18.2 Å². The molecule has 1 amide bonds. The van der Waals surface area contributed by atoms with E-state index in [0.29, 0.717) is 11.3 Å². The Morgan fingerprint density at radius 1 is 1.22 bits per heavy atom. The third-order valence-electron chi connectivity index (χ3n) is 3.57. The monoisotopic (exact) mass is 386 g/mol. The molecule has 0 aliphatic carbocycles. The van der Waals surface area contributed by atoms with E-state index in [4.69, 9.17) is 4.74 Å². The Hall–Kier alpha value is -3.13. The average molecular weight is 386 g/mol. The van der Waals surface area contributed by atoms with Crippen LogP contribution in [0.3, 0.4) is 0 Å². The normalized spacial score (nSPS) is 10.6. The lowest BCUT2D eigenvalue weighted by Gasteiger charge is -2.08. The summed E-state index contributed by atoms with van der Waals surface area (Å²) in [5.41, 5.74) is 1.74. The molecule has 0 bridgehead atoms. The second kappa shape index (κ2) is 9.54. The van der Waals surface area contributed by atoms with Crippen LogP contribution in [0.1, 0.15) is 11.1 Å². The maximum Gasteiger partial charge on any atom is 0.331 e. The summed E-state index contributed by atoms with van der Waals surface area (Å²) in [5.74, 6) is -1.17. The zero-order chi connectivity index (χ0) is 19.8. The average Bonchev–Trinajstić information content (AvgIpc) is 2.66. The molecule has 0 aromatic heterocycles. The van der Waals surface area contributed by atoms with Gasteiger partial charge in [0.25, 0.3) is 11.6 Å². The van der Waals surface area contributed by atoms with Gasteiger partial charge in [-0.1, -0.05) is 12.1 Å². The number of non-ortho nitro benzene ring substituents is 1. The van der Waals surface area contributed by atoms with Crippen molar-refractivity contribution < 1.29 is 19.2 Å². The predicted octanol–water partition coefficient (Wildman–Crippen LogP) is 3.82. The molecule has 8 heteroatoms. The number of amides is 1. The number of anilines is 1. The van der Waals surface area contributed by atoms with Gasteiger partial charge in [0, 0.05) is 28.8 Å². The molecule has 0 spiro atoms. The summed E-state index contributed by atoms with van der Waals surface area (Å²) in [6, 6.07) is 11.7. The Labute approximate surface area is 160 Å². The van der Waals surface area contributed by atoms with Crippen LogP contribution < -0.4 is 5.32 Å². The quantitative estimate of drug-likeness (QED) is 0.255. The molecule has 0 atom stereocenters. The van der Waals surface area contributed by atoms with Gasteiger partial charge in [-0.25, -0.2) is 4.79 Å². The lowest BCUT2D eigenvalue weighted by molar-refractivity contribution is -0.384. The Bertz CT molecular complexity index is 878. The number of nitrogens with zero attached hydrogens (tertiary/aromatic N) is 1. The molecule has 0 saturated heterocycles. The highest BCUT2D eigenvalue weighted by Gasteiger charge is 2.11. The van der Waals surface area contributed by atoms with E-state index in [0.717, 1.165) is 10.5 Å². The molecule has 0 unspecified atom stereocenters. The number of thioether (sulfide) groups is 1. The lowest BCUT2D eigenvalue weighted by Crippen LogP contribution is -2.20. The Morgan fingerprint density at radius 3 is 2.52 bits per heavy atom. The number of carbonyl (C=O) groups excluding carboxylic acids is 2. The SMILES string of the molecule is CSc1ccc(/C=C/C(=O)OCC(=O)Nc2ccc([N+](=O)[O-])cc2C)cc1. The van der Waals surface area contributed by atoms with Crippen LogP contribution in [0, 0.1) is 17.0 Å². The van der Waals surface area contributed by atoms with Crippen molar-refractivity contribution in [2.45, 2.75) is 11.8 Å². The van der Waals surface area contributed by atoms with E-state index in [1.165, 1.54) is 24.3 Å². The van der Waals surface area contributed by atoms with Gasteiger partial charge in [-0.3, -0.25) is 14.9 Å². The van der Waals surface area contributed by atoms with E-state index >= 15 is 0 Å². The van der Waals surface area contributed by atoms with E-state index in [1.54, 1.807) is 24.8 Å². The van der Waals surface area contributed by atoms with Gasteiger partial charge in [-0.2, -0.15) is 0 Å². The standard InChI is InChI=1S/C19H18N2O5S/c1-13-11-15(21(24)25)6-9-17(13)20-18(22)12-26-19(23)10-5-14-3-7-16(27-2)8-4-14/h3-11H,12H2,1-2H3,(H,20,22)/b10-5+. The van der Waals surface area contributed by atoms with Gasteiger partial charge in [-0.05, 0) is 48.6 Å². The largest absolute Gasteiger partial charge is 0.452 e. The number of carbonyl (C=O) groups is 2. The van der Waals surface area contributed by atoms with Crippen LogP contribution >= 0.6 is 11.8 Å². The van der Waals surface area contributed by atoms with Gasteiger partial charge in [0.1, 0.15) is 0 Å². The van der Waals surface area contributed by atoms with Crippen LogP contribution in [0.15, 0.2) is 53.4 Å². The molecule has 0 radical (unpaired) electrons. The van der Waals surface area contributed by atoms with E-state index in [1.807, 2.05) is 30.5 Å². The van der Waals surface area contributed by atoms with Crippen LogP contribution in [0.5, 0.6) is 0 Å². The number of aryl methyl sites for hydroxylation is 1. The fraction of sp³-hybridized carbons (Fsp3) is 0.158. The van der Waals surface area contributed by atoms with Gasteiger partial charge >= 0.3 is 5.97 Å². The van der Waals surface area contributed by atoms with Crippen LogP contribution in [0.2, 0.25) is 0 Å². The van der Waals surface area contributed by atoms with Crippen LogP contribution in [0.4, 0.5) is 11.4 Å². The molecule has 140 valence electrons. The first-order valence-electron chi connectivity index (χ1n) is 7.93. The van der Waals surface area contributed by atoms with Crippen LogP contribution in [0.25, 0.3) is 6.08 Å². The topological polar surface area (TPSA) is 98.5 Å². The van der Waals surface area contributed by atoms with Crippen molar-refractivity contribution >= 4 is 41.1 Å². The molecule has 7 nitrogen and oxygen atoms in total. The van der Waals surface area contributed by atoms with Crippen molar-refractivity contribution in [1.82, 2.24) is 0 Å². The highest BCUT2D eigenvalue weighted by molar-refractivity contribution is 7.98. The zero-order valence-corrected chi connectivity index (χ0v) is 15.6. The number of benzene rings is 2. The second-order valence-corrected chi connectivity index (χ2v) is 6.40. The van der Waals surface area contributed by atoms with Gasteiger partial charge in [-0.15, -0.1) is 11.8 Å². The summed E-state index contributed by atoms with van der Waals surface area (Å²) in [5, 5.41) is 13.3. The molecule has 0 saturated carbocycles. The van der Waals surface area contributed by atoms with Gasteiger partial charge in [0.05, 0.1) is 4.92 Å². The molecule has 27 heavy (non-hydrogen) atoms. The third kappa shape index (κ3) is 6.27. The van der Waals surface area contributed by atoms with Crippen molar-refractivity contribution in [3.8, 4) is 0 Å². The fourth-order valence-electron chi connectivity index (χ4n) is 2.15. The minimum atomic E-state index is -0.639. The number of nitro benzene ring substituents is 1. The van der Waals surface area contributed by atoms with E-state index in [9.17, 15) is 19.7 Å². The summed E-state index contributed by atoms with van der Waals surface area (Å²) in [4.78, 5) is 34.9. The molecular formula is C19H18N2O5S. The van der Waals surface area contributed by atoms with Crippen LogP contribution in [-0.4, -0.2) is 29.7 Å². The van der Waals surface area contributed by atoms with E-state index in [2.05, 4.69) is 5.32 Å². The maximum absolute atomic E-state index is 11.9. The molecule has 2 aromatic carbocycles. The molecule has 0 aliphatic heterocycles. The number of nitrogens with one attached hydrogen (secondary N) is 1. The van der Waals surface area contributed by atoms with Crippen molar-refractivity contribution in [3.05, 3.63) is 69.8 Å². The Morgan fingerprint density at radius 2 is 1.93 bits per heavy atom. The molecule has 0 aliphatic rings. The van der Waals surface area contributed by atoms with Gasteiger partial charge in [0.15, 0.2) is 6.61 Å². The summed E-state index contributed by atoms with van der Waals surface area (Å²) in [7, 11) is 0. The third-order valence-corrected chi connectivity index (χ3v) is 4.31. The smallest absolute Gasteiger partial charge is 0.331 e. The highest BCUT2D eigenvalue weighted by atomic mass is 32.2. The lowest BCUT2D eigenvalue weighted by atomic mass is 10.2. The predicted molar refractivity (Wildman–Crippen MR) is 105 cm³/mol. The second-order valence-electron chi connectivity index (χ2n) is 5.52. The van der Waals surface area contributed by atoms with Gasteiger partial charge in [0.2, 0.25) is 0 Å². The number of hydrogen-bond acceptors (Lipinski definition) is 6. The molecule has 2 rings (SSSR count). The Balaban J connectivity index is 1.84. The first kappa shape index (κ1) is 20.2. The van der Waals surface area contributed by atoms with Crippen molar-refractivity contribution in [3.63, 3.8) is 0 Å². The maximum atomic E-state index is 11.9. The summed E-state index contributed by atoms with van der Waals surface area (Å²) in [6.45, 7) is 1.19. The van der Waals surface area contributed by atoms with Crippen molar-refractivity contribution in [1.29, 1.82) is 0 Å². The number of hydrogen-bond donors (Lipinski definition) is 1. The molecule has 0 fully saturated rings. The summed E-state index contributed by atoms with van der Waals surface area (Å²) < 4.78 is 4.89. The van der Waals surface area contributed by atoms with E-state index < -0.39 is 23.4 Å². The molecule has 1 N–H and O–H groups in total. The molecule has 2 aromatic rings. The summed E-state index contributed by atoms with van der Waals surface area (Å²) >= 11 is 1.62. The van der Waals surface area contributed by atoms with Gasteiger partial charge < -0.3 is 10.1 Å². The zero-order valence-electron chi connectivity index (χ0n) is 14.8. The Kier molecular flexibility index (Phi) is 7.13. The minimum absolute atomic E-state index is 0.0624. The fourth-order valence-corrected chi connectivity index (χ4v) is 2.56. The molecular weight excluding hydrogens is 368 g/mol.